The van der Waals surface area contributed by atoms with E-state index in [-0.39, 0.29) is 6.61 Å². The first-order chi connectivity index (χ1) is 19.1. The van der Waals surface area contributed by atoms with Gasteiger partial charge in [-0.25, -0.2) is 13.9 Å². The molecule has 0 saturated carbocycles. The van der Waals surface area contributed by atoms with E-state index in [1.54, 1.807) is 30.3 Å². The fourth-order valence-electron chi connectivity index (χ4n) is 4.36. The number of phosphoric ester groups is 2. The van der Waals surface area contributed by atoms with E-state index >= 15 is 0 Å². The van der Waals surface area contributed by atoms with Gasteiger partial charge in [0.2, 0.25) is 0 Å². The third-order valence-electron chi connectivity index (χ3n) is 6.12. The zero-order valence-corrected chi connectivity index (χ0v) is 22.5. The topological polar surface area (TPSA) is 185 Å². The predicted molar refractivity (Wildman–Crippen MR) is 137 cm³/mol. The molecular formula is C24H26N2O12P2. The van der Waals surface area contributed by atoms with Crippen molar-refractivity contribution >= 4 is 15.6 Å². The van der Waals surface area contributed by atoms with Crippen LogP contribution in [-0.2, 0) is 49.7 Å². The first kappa shape index (κ1) is 28.8. The van der Waals surface area contributed by atoms with Crippen LogP contribution in [0.4, 0.5) is 0 Å². The number of nitrogens with zero attached hydrogens (tertiary/aromatic N) is 1. The monoisotopic (exact) mass is 596 g/mol. The number of aromatic amines is 1. The van der Waals surface area contributed by atoms with Gasteiger partial charge in [0.1, 0.15) is 18.3 Å². The van der Waals surface area contributed by atoms with E-state index in [4.69, 9.17) is 23.3 Å². The van der Waals surface area contributed by atoms with Crippen LogP contribution < -0.4 is 11.2 Å². The van der Waals surface area contributed by atoms with Crippen molar-refractivity contribution in [1.29, 1.82) is 0 Å². The first-order valence-corrected chi connectivity index (χ1v) is 15.1. The molecular weight excluding hydrogens is 570 g/mol. The van der Waals surface area contributed by atoms with Crippen molar-refractivity contribution in [2.75, 3.05) is 6.61 Å². The van der Waals surface area contributed by atoms with Crippen molar-refractivity contribution in [2.45, 2.75) is 43.9 Å². The summed E-state index contributed by atoms with van der Waals surface area (Å²) in [6.07, 6.45) is -3.03. The number of aromatic nitrogens is 2. The Morgan fingerprint density at radius 2 is 1.45 bits per heavy atom. The van der Waals surface area contributed by atoms with Gasteiger partial charge in [-0.05, 0) is 11.1 Å². The molecule has 5 rings (SSSR count). The first-order valence-electron chi connectivity index (χ1n) is 12.1. The summed E-state index contributed by atoms with van der Waals surface area (Å²) in [7, 11) is -10.1. The lowest BCUT2D eigenvalue weighted by Crippen LogP contribution is -2.36. The van der Waals surface area contributed by atoms with Crippen LogP contribution >= 0.6 is 15.6 Å². The zero-order chi connectivity index (χ0) is 28.3. The van der Waals surface area contributed by atoms with E-state index in [9.17, 15) is 28.5 Å². The Morgan fingerprint density at radius 1 is 0.825 bits per heavy atom. The minimum absolute atomic E-state index is 0.353. The molecule has 0 aliphatic carbocycles. The summed E-state index contributed by atoms with van der Waals surface area (Å²) in [5.74, 6) is 0. The largest absolute Gasteiger partial charge is 0.481 e. The van der Waals surface area contributed by atoms with Crippen molar-refractivity contribution in [2.24, 2.45) is 0 Å². The quantitative estimate of drug-likeness (QED) is 0.275. The normalized spacial score (nSPS) is 27.1. The number of rotatable bonds is 11. The van der Waals surface area contributed by atoms with Gasteiger partial charge in [-0.2, -0.15) is 4.31 Å². The van der Waals surface area contributed by atoms with E-state index in [0.29, 0.717) is 12.0 Å². The summed E-state index contributed by atoms with van der Waals surface area (Å²) >= 11 is 0. The van der Waals surface area contributed by atoms with Crippen LogP contribution in [0.25, 0.3) is 0 Å². The van der Waals surface area contributed by atoms with Crippen LogP contribution in [-0.4, -0.2) is 50.5 Å². The number of ether oxygens (including phenoxy) is 3. The summed E-state index contributed by atoms with van der Waals surface area (Å²) < 4.78 is 58.0. The summed E-state index contributed by atoms with van der Waals surface area (Å²) in [4.78, 5) is 46.2. The molecule has 2 fully saturated rings. The lowest BCUT2D eigenvalue weighted by molar-refractivity contribution is -0.150. The molecule has 2 saturated heterocycles. The smallest absolute Gasteiger partial charge is 0.346 e. The highest BCUT2D eigenvalue weighted by atomic mass is 31.3. The Labute approximate surface area is 227 Å². The van der Waals surface area contributed by atoms with Gasteiger partial charge in [0.05, 0.1) is 13.2 Å². The van der Waals surface area contributed by atoms with Crippen molar-refractivity contribution in [3.8, 4) is 0 Å². The summed E-state index contributed by atoms with van der Waals surface area (Å²) in [6.45, 7) is -0.989. The van der Waals surface area contributed by atoms with Gasteiger partial charge in [0.25, 0.3) is 5.56 Å². The minimum Gasteiger partial charge on any atom is -0.346 e. The fraction of sp³-hybridized carbons (Fsp3) is 0.333. The molecule has 7 atom stereocenters. The number of hydrogen-bond donors (Lipinski definition) is 3. The zero-order valence-electron chi connectivity index (χ0n) is 20.8. The number of phosphoric acid groups is 2. The number of hydrogen-bond acceptors (Lipinski definition) is 10. The highest BCUT2D eigenvalue weighted by Gasteiger charge is 2.54. The lowest BCUT2D eigenvalue weighted by atomic mass is 10.1. The standard InChI is InChI=1S/C24H26N2O12P2/c27-19-11-12-26(24(28)25-19)23-22-21(36-20(37-22)13-16-7-3-1-4-8-16)18(35-23)15-34-40(31,32)38-39(29,30)33-14-17-9-5-2-6-10-17/h1-12,18,20-23H,13-15H2,(H,29,30)(H,31,32)(H,25,27,28)/t18-,20?,21?,22+,23-/m1/s1. The van der Waals surface area contributed by atoms with Crippen molar-refractivity contribution < 1.29 is 46.5 Å². The van der Waals surface area contributed by atoms with Gasteiger partial charge in [-0.15, -0.1) is 0 Å². The van der Waals surface area contributed by atoms with Gasteiger partial charge in [-0.3, -0.25) is 23.4 Å². The maximum Gasteiger partial charge on any atom is 0.481 e. The van der Waals surface area contributed by atoms with Crippen molar-refractivity contribution in [1.82, 2.24) is 9.55 Å². The van der Waals surface area contributed by atoms with Gasteiger partial charge in [-0.1, -0.05) is 60.7 Å². The van der Waals surface area contributed by atoms with E-state index in [1.165, 1.54) is 6.20 Å². The molecule has 0 amide bonds. The average molecular weight is 596 g/mol. The molecule has 2 aliphatic rings. The SMILES string of the molecule is O=c1ccn([C@@H]2O[C@H](COP(=O)(O)OP(=O)(O)OCc3ccccc3)C3OC(Cc4ccccc4)O[C@@H]32)c(=O)[nH]1. The molecule has 14 nitrogen and oxygen atoms in total. The van der Waals surface area contributed by atoms with E-state index < -0.39 is 64.3 Å². The summed E-state index contributed by atoms with van der Waals surface area (Å²) in [6, 6.07) is 18.8. The molecule has 0 bridgehead atoms. The Kier molecular flexibility index (Phi) is 8.64. The highest BCUT2D eigenvalue weighted by molar-refractivity contribution is 7.61. The molecule has 1 aromatic heterocycles. The summed E-state index contributed by atoms with van der Waals surface area (Å²) in [5, 5.41) is 0. The Bertz CT molecular complexity index is 1520. The lowest BCUT2D eigenvalue weighted by Gasteiger charge is -2.22. The molecule has 3 N–H and O–H groups in total. The molecule has 16 heteroatoms. The average Bonchev–Trinajstić information content (AvgIpc) is 3.46. The fourth-order valence-corrected chi connectivity index (χ4v) is 6.43. The molecule has 0 spiro atoms. The van der Waals surface area contributed by atoms with E-state index in [2.05, 4.69) is 9.29 Å². The molecule has 0 radical (unpaired) electrons. The van der Waals surface area contributed by atoms with Crippen LogP contribution in [0.1, 0.15) is 17.4 Å². The number of fused-ring (bicyclic) bond motifs is 1. The minimum atomic E-state index is -5.13. The van der Waals surface area contributed by atoms with Gasteiger partial charge >= 0.3 is 21.3 Å². The van der Waals surface area contributed by atoms with Crippen LogP contribution in [0.5, 0.6) is 0 Å². The van der Waals surface area contributed by atoms with Crippen LogP contribution in [0.2, 0.25) is 0 Å². The predicted octanol–water partition coefficient (Wildman–Crippen LogP) is 2.24. The number of benzene rings is 2. The van der Waals surface area contributed by atoms with Crippen molar-refractivity contribution in [3.05, 3.63) is 105 Å². The third-order valence-corrected chi connectivity index (χ3v) is 8.70. The maximum atomic E-state index is 12.5. The van der Waals surface area contributed by atoms with Crippen LogP contribution in [0.3, 0.4) is 0 Å². The van der Waals surface area contributed by atoms with Crippen molar-refractivity contribution in [3.63, 3.8) is 0 Å². The second-order valence-electron chi connectivity index (χ2n) is 8.98. The molecule has 4 unspecified atom stereocenters. The molecule has 3 heterocycles. The molecule has 2 aliphatic heterocycles. The highest BCUT2D eigenvalue weighted by Crippen LogP contribution is 2.61. The third kappa shape index (κ3) is 7.12. The molecule has 40 heavy (non-hydrogen) atoms. The van der Waals surface area contributed by atoms with Gasteiger partial charge < -0.3 is 24.0 Å². The van der Waals surface area contributed by atoms with Gasteiger partial charge in [0, 0.05) is 18.7 Å². The molecule has 214 valence electrons. The van der Waals surface area contributed by atoms with E-state index in [0.717, 1.165) is 16.2 Å². The van der Waals surface area contributed by atoms with Gasteiger partial charge in [0.15, 0.2) is 12.5 Å². The summed E-state index contributed by atoms with van der Waals surface area (Å²) in [5.41, 5.74) is 0.0798. The Balaban J connectivity index is 1.27. The second kappa shape index (κ2) is 12.0. The second-order valence-corrected chi connectivity index (χ2v) is 12.0. The Morgan fingerprint density at radius 3 is 2.12 bits per heavy atom. The van der Waals surface area contributed by atoms with Crippen LogP contribution in [0.15, 0.2) is 82.5 Å². The molecule has 3 aromatic rings. The van der Waals surface area contributed by atoms with Crippen LogP contribution in [0, 0.1) is 0 Å². The van der Waals surface area contributed by atoms with E-state index in [1.807, 2.05) is 30.3 Å². The maximum absolute atomic E-state index is 12.5. The molecule has 2 aromatic carbocycles. The number of nitrogens with one attached hydrogen (secondary N) is 1. The Hall–Kier alpha value is -2.74. The number of H-pyrrole nitrogens is 1.